The molecule has 0 saturated heterocycles. The van der Waals surface area contributed by atoms with E-state index in [1.807, 2.05) is 32.0 Å². The van der Waals surface area contributed by atoms with Gasteiger partial charge in [-0.05, 0) is 40.0 Å². The number of hydrogen-bond acceptors (Lipinski definition) is 5. The van der Waals surface area contributed by atoms with Crippen LogP contribution in [0.4, 0.5) is 0 Å². The van der Waals surface area contributed by atoms with Gasteiger partial charge in [-0.2, -0.15) is 4.98 Å². The topological polar surface area (TPSA) is 55.6 Å². The first kappa shape index (κ1) is 16.0. The largest absolute Gasteiger partial charge is 0.472 e. The Morgan fingerprint density at radius 2 is 2.00 bits per heavy atom. The molecule has 0 N–H and O–H groups in total. The van der Waals surface area contributed by atoms with E-state index in [9.17, 15) is 0 Å². The van der Waals surface area contributed by atoms with Crippen LogP contribution >= 0.6 is 0 Å². The van der Waals surface area contributed by atoms with Crippen LogP contribution in [0, 0.1) is 20.8 Å². The maximum atomic E-state index is 6.06. The summed E-state index contributed by atoms with van der Waals surface area (Å²) in [5.41, 5.74) is 5.47. The molecule has 1 atom stereocenters. The highest BCUT2D eigenvalue weighted by atomic mass is 16.5. The van der Waals surface area contributed by atoms with Gasteiger partial charge in [0.15, 0.2) is 0 Å². The predicted molar refractivity (Wildman–Crippen MR) is 95.9 cm³/mol. The molecule has 4 heterocycles. The Hall–Kier alpha value is -2.47. The van der Waals surface area contributed by atoms with Gasteiger partial charge in [-0.25, -0.2) is 9.97 Å². The summed E-state index contributed by atoms with van der Waals surface area (Å²) in [5, 5.41) is 0. The maximum absolute atomic E-state index is 6.06. The van der Waals surface area contributed by atoms with E-state index in [0.29, 0.717) is 0 Å². The minimum Gasteiger partial charge on any atom is -0.472 e. The zero-order valence-corrected chi connectivity index (χ0v) is 15.2. The molecule has 3 aromatic rings. The van der Waals surface area contributed by atoms with Crippen LogP contribution in [0.5, 0.6) is 5.88 Å². The number of aromatic nitrogens is 4. The van der Waals surface area contributed by atoms with Crippen molar-refractivity contribution in [3.05, 3.63) is 52.9 Å². The van der Waals surface area contributed by atoms with Gasteiger partial charge in [-0.3, -0.25) is 4.90 Å². The first-order valence-corrected chi connectivity index (χ1v) is 8.63. The van der Waals surface area contributed by atoms with Crippen LogP contribution in [0.15, 0.2) is 24.4 Å². The van der Waals surface area contributed by atoms with Crippen molar-refractivity contribution in [3.8, 4) is 5.88 Å². The van der Waals surface area contributed by atoms with Crippen molar-refractivity contribution in [2.75, 3.05) is 13.6 Å². The minimum absolute atomic E-state index is 0.120. The van der Waals surface area contributed by atoms with Gasteiger partial charge in [-0.1, -0.05) is 6.07 Å². The second-order valence-electron chi connectivity index (χ2n) is 6.85. The highest BCUT2D eigenvalue weighted by Gasteiger charge is 2.28. The monoisotopic (exact) mass is 337 g/mol. The summed E-state index contributed by atoms with van der Waals surface area (Å²) < 4.78 is 8.22. The van der Waals surface area contributed by atoms with Crippen LogP contribution in [0.3, 0.4) is 0 Å². The number of rotatable bonds is 4. The quantitative estimate of drug-likeness (QED) is 0.732. The molecular formula is C19H23N5O. The lowest BCUT2D eigenvalue weighted by atomic mass is 10.1. The molecular weight excluding hydrogens is 314 g/mol. The van der Waals surface area contributed by atoms with Gasteiger partial charge >= 0.3 is 0 Å². The van der Waals surface area contributed by atoms with Crippen molar-refractivity contribution in [2.24, 2.45) is 0 Å². The van der Waals surface area contributed by atoms with Gasteiger partial charge in [0, 0.05) is 37.0 Å². The number of fused-ring (bicyclic) bond motifs is 2. The molecule has 1 unspecified atom stereocenters. The molecule has 25 heavy (non-hydrogen) atoms. The Morgan fingerprint density at radius 1 is 1.16 bits per heavy atom. The van der Waals surface area contributed by atoms with E-state index in [1.54, 1.807) is 0 Å². The van der Waals surface area contributed by atoms with Crippen molar-refractivity contribution in [2.45, 2.75) is 39.8 Å². The van der Waals surface area contributed by atoms with E-state index >= 15 is 0 Å². The van der Waals surface area contributed by atoms with E-state index in [-0.39, 0.29) is 6.10 Å². The predicted octanol–water partition coefficient (Wildman–Crippen LogP) is 2.49. The number of imidazole rings is 1. The second kappa shape index (κ2) is 6.11. The fraction of sp³-hybridized carbons (Fsp3) is 0.421. The molecule has 0 saturated carbocycles. The molecule has 0 bridgehead atoms. The third-order valence-electron chi connectivity index (χ3n) is 4.76. The van der Waals surface area contributed by atoms with Crippen molar-refractivity contribution < 1.29 is 4.74 Å². The average Bonchev–Trinajstić information content (AvgIpc) is 3.09. The van der Waals surface area contributed by atoms with Crippen LogP contribution in [0.1, 0.15) is 28.5 Å². The smallest absolute Gasteiger partial charge is 0.220 e. The molecule has 0 fully saturated rings. The normalized spacial score (nSPS) is 16.4. The summed E-state index contributed by atoms with van der Waals surface area (Å²) in [5.74, 6) is 1.53. The summed E-state index contributed by atoms with van der Waals surface area (Å²) in [6.45, 7) is 7.68. The van der Waals surface area contributed by atoms with Gasteiger partial charge in [0.05, 0.1) is 11.4 Å². The van der Waals surface area contributed by atoms with Crippen molar-refractivity contribution >= 4 is 5.65 Å². The number of hydrogen-bond donors (Lipinski definition) is 0. The molecule has 1 aliphatic rings. The Balaban J connectivity index is 1.47. The zero-order valence-electron chi connectivity index (χ0n) is 15.2. The second-order valence-corrected chi connectivity index (χ2v) is 6.85. The molecule has 3 aromatic heterocycles. The molecule has 0 amide bonds. The molecule has 0 aromatic carbocycles. The maximum Gasteiger partial charge on any atom is 0.220 e. The highest BCUT2D eigenvalue weighted by Crippen LogP contribution is 2.29. The van der Waals surface area contributed by atoms with E-state index in [4.69, 9.17) is 4.74 Å². The first-order valence-electron chi connectivity index (χ1n) is 8.63. The Bertz CT molecular complexity index is 933. The van der Waals surface area contributed by atoms with Crippen molar-refractivity contribution in [1.29, 1.82) is 0 Å². The van der Waals surface area contributed by atoms with Gasteiger partial charge in [0.2, 0.25) is 5.88 Å². The molecule has 0 radical (unpaired) electrons. The molecule has 6 nitrogen and oxygen atoms in total. The Labute approximate surface area is 147 Å². The SMILES string of the molecule is Cc1nc(C)c2c(n1)OC(CN(C)Cc1c(C)nc3ccccn13)C2. The Morgan fingerprint density at radius 3 is 2.84 bits per heavy atom. The van der Waals surface area contributed by atoms with E-state index < -0.39 is 0 Å². The minimum atomic E-state index is 0.120. The van der Waals surface area contributed by atoms with E-state index in [0.717, 1.165) is 53.8 Å². The van der Waals surface area contributed by atoms with Gasteiger partial charge < -0.3 is 9.14 Å². The first-order chi connectivity index (χ1) is 12.0. The fourth-order valence-corrected chi connectivity index (χ4v) is 3.59. The number of pyridine rings is 1. The fourth-order valence-electron chi connectivity index (χ4n) is 3.59. The summed E-state index contributed by atoms with van der Waals surface area (Å²) in [4.78, 5) is 15.8. The number of nitrogens with zero attached hydrogens (tertiary/aromatic N) is 5. The van der Waals surface area contributed by atoms with Crippen LogP contribution in [-0.2, 0) is 13.0 Å². The average molecular weight is 337 g/mol. The zero-order chi connectivity index (χ0) is 17.6. The Kier molecular flexibility index (Phi) is 3.92. The summed E-state index contributed by atoms with van der Waals surface area (Å²) in [6, 6.07) is 6.10. The number of likely N-dealkylation sites (N-methyl/N-ethyl adjacent to an activating group) is 1. The lowest BCUT2D eigenvalue weighted by Crippen LogP contribution is -2.32. The lowest BCUT2D eigenvalue weighted by molar-refractivity contribution is 0.159. The van der Waals surface area contributed by atoms with Crippen molar-refractivity contribution in [1.82, 2.24) is 24.3 Å². The van der Waals surface area contributed by atoms with Crippen LogP contribution in [0.2, 0.25) is 0 Å². The highest BCUT2D eigenvalue weighted by molar-refractivity contribution is 5.42. The number of aryl methyl sites for hydroxylation is 3. The number of ether oxygens (including phenoxy) is 1. The third kappa shape index (κ3) is 2.98. The van der Waals surface area contributed by atoms with Gasteiger partial charge in [-0.15, -0.1) is 0 Å². The van der Waals surface area contributed by atoms with Gasteiger partial charge in [0.1, 0.15) is 17.6 Å². The molecule has 1 aliphatic heterocycles. The summed E-state index contributed by atoms with van der Waals surface area (Å²) in [7, 11) is 2.12. The van der Waals surface area contributed by atoms with Crippen molar-refractivity contribution in [3.63, 3.8) is 0 Å². The summed E-state index contributed by atoms with van der Waals surface area (Å²) >= 11 is 0. The summed E-state index contributed by atoms with van der Waals surface area (Å²) in [6.07, 6.45) is 3.06. The van der Waals surface area contributed by atoms with Gasteiger partial charge in [0.25, 0.3) is 0 Å². The molecule has 6 heteroatoms. The van der Waals surface area contributed by atoms with E-state index in [2.05, 4.69) is 44.4 Å². The lowest BCUT2D eigenvalue weighted by Gasteiger charge is -2.20. The molecule has 0 aliphatic carbocycles. The van der Waals surface area contributed by atoms with Crippen LogP contribution in [0.25, 0.3) is 5.65 Å². The molecule has 4 rings (SSSR count). The van der Waals surface area contributed by atoms with Crippen LogP contribution < -0.4 is 4.74 Å². The third-order valence-corrected chi connectivity index (χ3v) is 4.76. The van der Waals surface area contributed by atoms with E-state index in [1.165, 1.54) is 5.69 Å². The van der Waals surface area contributed by atoms with Crippen LogP contribution in [-0.4, -0.2) is 43.9 Å². The molecule has 0 spiro atoms. The standard InChI is InChI=1S/C19H23N5O/c1-12-16-9-15(25-19(16)22-14(3)20-12)10-23(4)11-17-13(2)21-18-7-5-6-8-24(17)18/h5-8,15H,9-11H2,1-4H3. The molecule has 130 valence electrons.